The average Bonchev–Trinajstić information content (AvgIpc) is 2.95. The van der Waals surface area contributed by atoms with E-state index in [2.05, 4.69) is 15.3 Å². The number of imidazole rings is 1. The highest BCUT2D eigenvalue weighted by atomic mass is 19.1. The molecule has 0 fully saturated rings. The summed E-state index contributed by atoms with van der Waals surface area (Å²) in [4.78, 5) is 31.0. The van der Waals surface area contributed by atoms with Gasteiger partial charge in [-0.15, -0.1) is 0 Å². The van der Waals surface area contributed by atoms with Crippen LogP contribution in [0, 0.1) is 18.7 Å². The fourth-order valence-corrected chi connectivity index (χ4v) is 2.87. The van der Waals surface area contributed by atoms with Crippen LogP contribution in [0.25, 0.3) is 16.6 Å². The number of carbonyl (C=O) groups excluding carboxylic acids is 1. The van der Waals surface area contributed by atoms with Crippen LogP contribution in [-0.2, 0) is 6.54 Å². The van der Waals surface area contributed by atoms with Crippen molar-refractivity contribution >= 4 is 22.5 Å². The van der Waals surface area contributed by atoms with E-state index in [0.717, 1.165) is 5.56 Å². The summed E-state index contributed by atoms with van der Waals surface area (Å²) in [6.45, 7) is 1.72. The fourth-order valence-electron chi connectivity index (χ4n) is 2.87. The number of aromatic amines is 1. The monoisotopic (exact) mass is 368 g/mol. The summed E-state index contributed by atoms with van der Waals surface area (Å²) in [7, 11) is 0. The molecule has 3 aromatic heterocycles. The van der Waals surface area contributed by atoms with Crippen LogP contribution in [-0.4, -0.2) is 20.3 Å². The topological polar surface area (TPSA) is 79.3 Å². The molecule has 136 valence electrons. The van der Waals surface area contributed by atoms with Gasteiger partial charge in [0.05, 0.1) is 5.52 Å². The molecule has 0 bridgehead atoms. The van der Waals surface area contributed by atoms with Crippen molar-refractivity contribution in [2.45, 2.75) is 13.5 Å². The first-order valence-corrected chi connectivity index (χ1v) is 8.16. The second kappa shape index (κ2) is 6.31. The molecule has 4 rings (SSSR count). The Hall–Kier alpha value is -3.55. The van der Waals surface area contributed by atoms with Crippen LogP contribution in [0.15, 0.2) is 47.4 Å². The van der Waals surface area contributed by atoms with Crippen LogP contribution in [0.1, 0.15) is 21.6 Å². The predicted molar refractivity (Wildman–Crippen MR) is 95.6 cm³/mol. The third kappa shape index (κ3) is 3.05. The summed E-state index contributed by atoms with van der Waals surface area (Å²) in [5.74, 6) is -1.96. The molecule has 0 saturated carbocycles. The van der Waals surface area contributed by atoms with Gasteiger partial charge in [-0.1, -0.05) is 0 Å². The number of benzene rings is 1. The number of nitrogens with zero attached hydrogens (tertiary/aromatic N) is 2. The molecule has 0 unspecified atom stereocenters. The lowest BCUT2D eigenvalue weighted by molar-refractivity contribution is 0.0941. The first-order valence-electron chi connectivity index (χ1n) is 8.16. The molecule has 1 aromatic carbocycles. The highest BCUT2D eigenvalue weighted by Gasteiger charge is 2.19. The molecule has 0 aliphatic rings. The molecule has 0 radical (unpaired) electrons. The number of halogens is 2. The lowest BCUT2D eigenvalue weighted by atomic mass is 10.1. The molecule has 1 amide bonds. The van der Waals surface area contributed by atoms with E-state index < -0.39 is 23.2 Å². The van der Waals surface area contributed by atoms with E-state index in [4.69, 9.17) is 0 Å². The molecule has 27 heavy (non-hydrogen) atoms. The summed E-state index contributed by atoms with van der Waals surface area (Å²) < 4.78 is 28.8. The Labute approximate surface area is 151 Å². The van der Waals surface area contributed by atoms with Gasteiger partial charge >= 0.3 is 0 Å². The number of aryl methyl sites for hydroxylation is 1. The van der Waals surface area contributed by atoms with E-state index in [1.54, 1.807) is 18.2 Å². The predicted octanol–water partition coefficient (Wildman–Crippen LogP) is 2.69. The molecule has 0 spiro atoms. The van der Waals surface area contributed by atoms with E-state index in [0.29, 0.717) is 16.6 Å². The van der Waals surface area contributed by atoms with Gasteiger partial charge in [-0.3, -0.25) is 14.0 Å². The van der Waals surface area contributed by atoms with E-state index in [-0.39, 0.29) is 17.8 Å². The van der Waals surface area contributed by atoms with Crippen molar-refractivity contribution < 1.29 is 13.6 Å². The maximum Gasteiger partial charge on any atom is 0.274 e. The van der Waals surface area contributed by atoms with Crippen molar-refractivity contribution in [3.8, 4) is 0 Å². The number of H-pyrrole nitrogens is 1. The number of amides is 1. The molecule has 0 saturated heterocycles. The van der Waals surface area contributed by atoms with Crippen LogP contribution in [0.2, 0.25) is 0 Å². The smallest absolute Gasteiger partial charge is 0.274 e. The second-order valence-electron chi connectivity index (χ2n) is 6.22. The van der Waals surface area contributed by atoms with Crippen LogP contribution in [0.5, 0.6) is 0 Å². The number of rotatable bonds is 3. The van der Waals surface area contributed by atoms with Crippen LogP contribution in [0.3, 0.4) is 0 Å². The Morgan fingerprint density at radius 1 is 1.22 bits per heavy atom. The van der Waals surface area contributed by atoms with Gasteiger partial charge in [0.25, 0.3) is 11.5 Å². The van der Waals surface area contributed by atoms with Gasteiger partial charge in [-0.05, 0) is 54.3 Å². The van der Waals surface area contributed by atoms with Crippen molar-refractivity contribution in [3.63, 3.8) is 0 Å². The molecular formula is C19H14F2N4O2. The Bertz CT molecular complexity index is 1260. The lowest BCUT2D eigenvalue weighted by Crippen LogP contribution is -2.27. The summed E-state index contributed by atoms with van der Waals surface area (Å²) in [5, 5.41) is 3.12. The first kappa shape index (κ1) is 16.9. The zero-order chi connectivity index (χ0) is 19.1. The lowest BCUT2D eigenvalue weighted by Gasteiger charge is -2.05. The molecule has 0 aliphatic heterocycles. The zero-order valence-electron chi connectivity index (χ0n) is 14.2. The molecule has 0 atom stereocenters. The Morgan fingerprint density at radius 2 is 2.04 bits per heavy atom. The van der Waals surface area contributed by atoms with Crippen molar-refractivity contribution in [1.29, 1.82) is 0 Å². The zero-order valence-corrected chi connectivity index (χ0v) is 14.2. The number of hydrogen-bond acceptors (Lipinski definition) is 3. The molecule has 4 aromatic rings. The third-order valence-corrected chi connectivity index (χ3v) is 4.26. The summed E-state index contributed by atoms with van der Waals surface area (Å²) >= 11 is 0. The normalized spacial score (nSPS) is 11.2. The van der Waals surface area contributed by atoms with Crippen molar-refractivity contribution in [3.05, 3.63) is 81.5 Å². The van der Waals surface area contributed by atoms with Gasteiger partial charge in [-0.2, -0.15) is 4.39 Å². The molecule has 0 aliphatic carbocycles. The average molecular weight is 368 g/mol. The fraction of sp³-hybridized carbons (Fsp3) is 0.105. The highest BCUT2D eigenvalue weighted by Crippen LogP contribution is 2.14. The van der Waals surface area contributed by atoms with E-state index in [1.807, 2.05) is 6.92 Å². The van der Waals surface area contributed by atoms with Crippen LogP contribution < -0.4 is 10.9 Å². The Kier molecular flexibility index (Phi) is 3.95. The van der Waals surface area contributed by atoms with Gasteiger partial charge in [0.2, 0.25) is 5.95 Å². The number of aromatic nitrogens is 3. The van der Waals surface area contributed by atoms with Crippen molar-refractivity contribution in [2.75, 3.05) is 0 Å². The number of carbonyl (C=O) groups is 1. The number of fused-ring (bicyclic) bond motifs is 2. The van der Waals surface area contributed by atoms with E-state index in [1.165, 1.54) is 28.8 Å². The summed E-state index contributed by atoms with van der Waals surface area (Å²) in [6.07, 6.45) is 1.50. The number of hydrogen-bond donors (Lipinski definition) is 2. The van der Waals surface area contributed by atoms with Crippen LogP contribution >= 0.6 is 0 Å². The van der Waals surface area contributed by atoms with Crippen molar-refractivity contribution in [1.82, 2.24) is 19.7 Å². The van der Waals surface area contributed by atoms with Gasteiger partial charge in [0.15, 0.2) is 5.69 Å². The highest BCUT2D eigenvalue weighted by molar-refractivity contribution is 5.93. The summed E-state index contributed by atoms with van der Waals surface area (Å²) in [6, 6.07) is 8.93. The molecule has 3 heterocycles. The minimum atomic E-state index is -0.773. The minimum absolute atomic E-state index is 0.117. The van der Waals surface area contributed by atoms with Gasteiger partial charge in [0, 0.05) is 18.3 Å². The maximum absolute atomic E-state index is 14.4. The van der Waals surface area contributed by atoms with Gasteiger partial charge < -0.3 is 10.3 Å². The van der Waals surface area contributed by atoms with E-state index in [9.17, 15) is 18.4 Å². The summed E-state index contributed by atoms with van der Waals surface area (Å²) in [5.41, 5.74) is 1.03. The third-order valence-electron chi connectivity index (χ3n) is 4.26. The minimum Gasteiger partial charge on any atom is -0.346 e. The van der Waals surface area contributed by atoms with Gasteiger partial charge in [0.1, 0.15) is 11.5 Å². The van der Waals surface area contributed by atoms with Crippen molar-refractivity contribution in [2.24, 2.45) is 0 Å². The number of pyridine rings is 2. The van der Waals surface area contributed by atoms with Gasteiger partial charge in [-0.25, -0.2) is 9.37 Å². The molecule has 6 nitrogen and oxygen atoms in total. The van der Waals surface area contributed by atoms with E-state index >= 15 is 0 Å². The largest absolute Gasteiger partial charge is 0.346 e. The number of nitrogens with one attached hydrogen (secondary N) is 2. The Balaban J connectivity index is 1.60. The Morgan fingerprint density at radius 3 is 2.85 bits per heavy atom. The second-order valence-corrected chi connectivity index (χ2v) is 6.22. The first-order chi connectivity index (χ1) is 12.9. The molecule has 2 N–H and O–H groups in total. The SMILES string of the molecule is Cc1ccn2c(F)c(C(=O)NCc3cc4ccc(F)cc4[nH]c3=O)nc2c1. The quantitative estimate of drug-likeness (QED) is 0.584. The molecular weight excluding hydrogens is 354 g/mol. The standard InChI is InChI=1S/C19H14F2N4O2/c1-10-4-5-25-15(6-10)24-16(17(25)21)19(27)22-9-12-7-11-2-3-13(20)8-14(11)23-18(12)26/h2-8H,9H2,1H3,(H,22,27)(H,23,26). The maximum atomic E-state index is 14.4. The van der Waals surface area contributed by atoms with Crippen LogP contribution in [0.4, 0.5) is 8.78 Å². The molecule has 8 heteroatoms.